The molecule has 0 fully saturated rings. The smallest absolute Gasteiger partial charge is 0.434 e. The van der Waals surface area contributed by atoms with Gasteiger partial charge in [0.15, 0.2) is 5.69 Å². The Balaban J connectivity index is 2.23. The molecule has 2 aromatic rings. The van der Waals surface area contributed by atoms with Crippen LogP contribution in [0.1, 0.15) is 35.3 Å². The van der Waals surface area contributed by atoms with Gasteiger partial charge in [0, 0.05) is 25.8 Å². The number of anilines is 1. The van der Waals surface area contributed by atoms with Gasteiger partial charge in [-0.1, -0.05) is 6.07 Å². The summed E-state index contributed by atoms with van der Waals surface area (Å²) in [6.07, 6.45) is -2.70. The third-order valence-electron chi connectivity index (χ3n) is 3.64. The second kappa shape index (κ2) is 8.67. The highest BCUT2D eigenvalue weighted by Crippen LogP contribution is 2.34. The van der Waals surface area contributed by atoms with Gasteiger partial charge in [-0.3, -0.25) is 4.79 Å². The third kappa shape index (κ3) is 5.30. The molecule has 7 nitrogen and oxygen atoms in total. The quantitative estimate of drug-likeness (QED) is 0.680. The Morgan fingerprint density at radius 1 is 1.30 bits per heavy atom. The second-order valence-corrected chi connectivity index (χ2v) is 5.67. The lowest BCUT2D eigenvalue weighted by atomic mass is 10.2. The molecular formula is C17H18F3N3O4. The number of methoxy groups -OCH3 is 1. The van der Waals surface area contributed by atoms with E-state index in [0.29, 0.717) is 30.3 Å². The van der Waals surface area contributed by atoms with Crippen molar-refractivity contribution in [2.45, 2.75) is 25.4 Å². The molecule has 0 atom stereocenters. The van der Waals surface area contributed by atoms with Gasteiger partial charge in [0.1, 0.15) is 5.56 Å². The van der Waals surface area contributed by atoms with Crippen molar-refractivity contribution in [3.8, 4) is 5.69 Å². The van der Waals surface area contributed by atoms with Crippen LogP contribution in [0, 0.1) is 0 Å². The SMILES string of the molecule is COCCCCC(=O)Nc1cccc(-n2ncc(C(=O)O)c2C(F)(F)F)c1. The minimum Gasteiger partial charge on any atom is -0.478 e. The molecular weight excluding hydrogens is 367 g/mol. The van der Waals surface area contributed by atoms with Crippen molar-refractivity contribution in [3.05, 3.63) is 41.7 Å². The number of unbranched alkanes of at least 4 members (excludes halogenated alkanes) is 1. The van der Waals surface area contributed by atoms with Gasteiger partial charge in [-0.15, -0.1) is 0 Å². The van der Waals surface area contributed by atoms with E-state index in [1.54, 1.807) is 7.11 Å². The summed E-state index contributed by atoms with van der Waals surface area (Å²) >= 11 is 0. The zero-order chi connectivity index (χ0) is 20.0. The minimum absolute atomic E-state index is 0.0213. The summed E-state index contributed by atoms with van der Waals surface area (Å²) in [4.78, 5) is 23.0. The molecule has 0 unspecified atom stereocenters. The van der Waals surface area contributed by atoms with E-state index in [0.717, 1.165) is 0 Å². The van der Waals surface area contributed by atoms with E-state index in [2.05, 4.69) is 10.4 Å². The van der Waals surface area contributed by atoms with Crippen LogP contribution in [0.5, 0.6) is 0 Å². The summed E-state index contributed by atoms with van der Waals surface area (Å²) in [6, 6.07) is 5.59. The van der Waals surface area contributed by atoms with E-state index in [1.165, 1.54) is 24.3 Å². The number of hydrogen-bond acceptors (Lipinski definition) is 4. The maximum atomic E-state index is 13.3. The summed E-state index contributed by atoms with van der Waals surface area (Å²) in [5, 5.41) is 15.1. The minimum atomic E-state index is -4.91. The topological polar surface area (TPSA) is 93.5 Å². The number of carboxylic acids is 1. The first-order valence-electron chi connectivity index (χ1n) is 8.01. The number of carbonyl (C=O) groups excluding carboxylic acids is 1. The van der Waals surface area contributed by atoms with Gasteiger partial charge < -0.3 is 15.2 Å². The maximum absolute atomic E-state index is 13.3. The molecule has 0 aliphatic carbocycles. The van der Waals surface area contributed by atoms with E-state index >= 15 is 0 Å². The number of nitrogens with zero attached hydrogens (tertiary/aromatic N) is 2. The molecule has 1 heterocycles. The number of aromatic carboxylic acids is 1. The highest BCUT2D eigenvalue weighted by molar-refractivity contribution is 5.91. The third-order valence-corrected chi connectivity index (χ3v) is 3.64. The monoisotopic (exact) mass is 385 g/mol. The van der Waals surface area contributed by atoms with E-state index in [1.807, 2.05) is 0 Å². The van der Waals surface area contributed by atoms with Crippen LogP contribution in [-0.2, 0) is 15.7 Å². The summed E-state index contributed by atoms with van der Waals surface area (Å²) in [7, 11) is 1.56. The standard InChI is InChI=1S/C17H18F3N3O4/c1-27-8-3-2-7-14(24)22-11-5-4-6-12(9-11)23-15(17(18,19)20)13(10-21-23)16(25)26/h4-6,9-10H,2-3,7-8H2,1H3,(H,22,24)(H,25,26). The Morgan fingerprint density at radius 3 is 2.67 bits per heavy atom. The van der Waals surface area contributed by atoms with Gasteiger partial charge in [-0.2, -0.15) is 18.3 Å². The average molecular weight is 385 g/mol. The second-order valence-electron chi connectivity index (χ2n) is 5.67. The number of carboxylic acid groups (broad SMARTS) is 1. The number of rotatable bonds is 8. The van der Waals surface area contributed by atoms with E-state index in [-0.39, 0.29) is 23.7 Å². The van der Waals surface area contributed by atoms with Gasteiger partial charge in [0.2, 0.25) is 5.91 Å². The predicted molar refractivity (Wildman–Crippen MR) is 89.9 cm³/mol. The number of carbonyl (C=O) groups is 2. The van der Waals surface area contributed by atoms with Crippen molar-refractivity contribution in [3.63, 3.8) is 0 Å². The lowest BCUT2D eigenvalue weighted by Gasteiger charge is -2.13. The number of benzene rings is 1. The molecule has 27 heavy (non-hydrogen) atoms. The molecule has 2 rings (SSSR count). The molecule has 10 heteroatoms. The molecule has 1 aromatic carbocycles. The summed E-state index contributed by atoms with van der Waals surface area (Å²) in [5.41, 5.74) is -2.08. The van der Waals surface area contributed by atoms with Crippen molar-refractivity contribution < 1.29 is 32.6 Å². The van der Waals surface area contributed by atoms with Gasteiger partial charge in [0.05, 0.1) is 11.9 Å². The Bertz CT molecular complexity index is 818. The van der Waals surface area contributed by atoms with Crippen molar-refractivity contribution in [2.75, 3.05) is 19.0 Å². The number of nitrogens with one attached hydrogen (secondary N) is 1. The van der Waals surface area contributed by atoms with Crippen molar-refractivity contribution >= 4 is 17.6 Å². The van der Waals surface area contributed by atoms with Gasteiger partial charge in [0.25, 0.3) is 0 Å². The van der Waals surface area contributed by atoms with Crippen LogP contribution < -0.4 is 5.32 Å². The molecule has 0 spiro atoms. The number of amides is 1. The zero-order valence-electron chi connectivity index (χ0n) is 14.4. The van der Waals surface area contributed by atoms with Crippen molar-refractivity contribution in [1.29, 1.82) is 0 Å². The molecule has 1 amide bonds. The molecule has 0 bridgehead atoms. The number of hydrogen-bond donors (Lipinski definition) is 2. The van der Waals surface area contributed by atoms with E-state index < -0.39 is 23.4 Å². The zero-order valence-corrected chi connectivity index (χ0v) is 14.4. The van der Waals surface area contributed by atoms with Crippen LogP contribution in [0.3, 0.4) is 0 Å². The Morgan fingerprint density at radius 2 is 2.04 bits per heavy atom. The maximum Gasteiger partial charge on any atom is 0.434 e. The van der Waals surface area contributed by atoms with Crippen LogP contribution in [0.2, 0.25) is 0 Å². The fourth-order valence-corrected chi connectivity index (χ4v) is 2.44. The summed E-state index contributed by atoms with van der Waals surface area (Å²) in [6.45, 7) is 0.536. The van der Waals surface area contributed by atoms with Crippen molar-refractivity contribution in [1.82, 2.24) is 9.78 Å². The molecule has 0 saturated heterocycles. The lowest BCUT2D eigenvalue weighted by molar-refractivity contribution is -0.143. The summed E-state index contributed by atoms with van der Waals surface area (Å²) in [5.74, 6) is -2.01. The molecule has 2 N–H and O–H groups in total. The normalized spacial score (nSPS) is 11.4. The molecule has 146 valence electrons. The van der Waals surface area contributed by atoms with Crippen LogP contribution in [0.15, 0.2) is 30.5 Å². The molecule has 1 aromatic heterocycles. The fraction of sp³-hybridized carbons (Fsp3) is 0.353. The van der Waals surface area contributed by atoms with Gasteiger partial charge in [-0.05, 0) is 31.0 Å². The molecule has 0 aliphatic heterocycles. The Hall–Kier alpha value is -2.88. The van der Waals surface area contributed by atoms with E-state index in [4.69, 9.17) is 9.84 Å². The number of ether oxygens (including phenoxy) is 1. The van der Waals surface area contributed by atoms with Gasteiger partial charge in [-0.25, -0.2) is 9.48 Å². The van der Waals surface area contributed by atoms with Crippen LogP contribution in [0.25, 0.3) is 5.69 Å². The largest absolute Gasteiger partial charge is 0.478 e. The average Bonchev–Trinajstić information content (AvgIpc) is 3.05. The first kappa shape index (κ1) is 20.4. The first-order valence-corrected chi connectivity index (χ1v) is 8.01. The highest BCUT2D eigenvalue weighted by Gasteiger charge is 2.40. The molecule has 0 aliphatic rings. The van der Waals surface area contributed by atoms with Crippen LogP contribution >= 0.6 is 0 Å². The van der Waals surface area contributed by atoms with Gasteiger partial charge >= 0.3 is 12.1 Å². The van der Waals surface area contributed by atoms with Crippen LogP contribution in [0.4, 0.5) is 18.9 Å². The van der Waals surface area contributed by atoms with Crippen LogP contribution in [-0.4, -0.2) is 40.5 Å². The van der Waals surface area contributed by atoms with Crippen molar-refractivity contribution in [2.24, 2.45) is 0 Å². The molecule has 0 radical (unpaired) electrons. The first-order chi connectivity index (χ1) is 12.7. The Kier molecular flexibility index (Phi) is 6.56. The lowest BCUT2D eigenvalue weighted by Crippen LogP contribution is -2.17. The highest BCUT2D eigenvalue weighted by atomic mass is 19.4. The Labute approximate surface area is 152 Å². The number of halogens is 3. The van der Waals surface area contributed by atoms with E-state index in [9.17, 15) is 22.8 Å². The fourth-order valence-electron chi connectivity index (χ4n) is 2.44. The molecule has 0 saturated carbocycles. The predicted octanol–water partition coefficient (Wildman–Crippen LogP) is 3.34. The number of aromatic nitrogens is 2. The number of alkyl halides is 3. The summed E-state index contributed by atoms with van der Waals surface area (Å²) < 4.78 is 45.3.